The number of aromatic nitrogens is 1. The molecule has 4 fully saturated rings. The smallest absolute Gasteiger partial charge is 0.267 e. The number of hydrogen-bond acceptors (Lipinski definition) is 2. The van der Waals surface area contributed by atoms with Crippen LogP contribution in [0.15, 0.2) is 30.5 Å². The van der Waals surface area contributed by atoms with Gasteiger partial charge < -0.3 is 15.0 Å². The van der Waals surface area contributed by atoms with Crippen LogP contribution in [0.1, 0.15) is 42.6 Å². The highest BCUT2D eigenvalue weighted by atomic mass is 19.1. The number of carbonyl (C=O) groups is 1. The van der Waals surface area contributed by atoms with Gasteiger partial charge in [0.05, 0.1) is 7.11 Å². The van der Waals surface area contributed by atoms with Crippen LogP contribution in [0.5, 0.6) is 5.75 Å². The van der Waals surface area contributed by atoms with E-state index < -0.39 is 0 Å². The van der Waals surface area contributed by atoms with E-state index in [0.29, 0.717) is 29.3 Å². The molecular weight excluding hydrogens is 343 g/mol. The average molecular weight is 368 g/mol. The van der Waals surface area contributed by atoms with Gasteiger partial charge in [0.25, 0.3) is 5.91 Å². The molecule has 1 amide bonds. The van der Waals surface area contributed by atoms with Gasteiger partial charge in [0.15, 0.2) is 0 Å². The van der Waals surface area contributed by atoms with E-state index in [1.54, 1.807) is 12.3 Å². The fraction of sp³-hybridized carbons (Fsp3) is 0.500. The van der Waals surface area contributed by atoms with Crippen LogP contribution in [-0.4, -0.2) is 24.0 Å². The second kappa shape index (κ2) is 6.39. The Balaban J connectivity index is 1.34. The van der Waals surface area contributed by atoms with E-state index in [1.165, 1.54) is 51.3 Å². The number of benzene rings is 1. The third-order valence-corrected chi connectivity index (χ3v) is 6.93. The Hall–Kier alpha value is -2.30. The maximum atomic E-state index is 13.4. The Morgan fingerprint density at radius 3 is 2.48 bits per heavy atom. The van der Waals surface area contributed by atoms with Gasteiger partial charge in [-0.15, -0.1) is 0 Å². The van der Waals surface area contributed by atoms with Crippen molar-refractivity contribution in [1.82, 2.24) is 10.3 Å². The molecule has 4 saturated carbocycles. The summed E-state index contributed by atoms with van der Waals surface area (Å²) in [5, 5.41) is 3.32. The zero-order valence-electron chi connectivity index (χ0n) is 15.5. The van der Waals surface area contributed by atoms with Crippen molar-refractivity contribution >= 4 is 5.91 Å². The third-order valence-electron chi connectivity index (χ3n) is 6.93. The van der Waals surface area contributed by atoms with Crippen LogP contribution in [0, 0.1) is 29.5 Å². The Kier molecular flexibility index (Phi) is 3.99. The first kappa shape index (κ1) is 16.8. The van der Waals surface area contributed by atoms with Gasteiger partial charge in [-0.25, -0.2) is 4.39 Å². The zero-order valence-corrected chi connectivity index (χ0v) is 15.5. The van der Waals surface area contributed by atoms with Crippen molar-refractivity contribution in [3.05, 3.63) is 42.0 Å². The lowest BCUT2D eigenvalue weighted by Crippen LogP contribution is -2.55. The van der Waals surface area contributed by atoms with Crippen molar-refractivity contribution in [3.63, 3.8) is 0 Å². The molecule has 4 nitrogen and oxygen atoms in total. The summed E-state index contributed by atoms with van der Waals surface area (Å²) in [5.74, 6) is 3.16. The molecule has 2 aromatic rings. The van der Waals surface area contributed by atoms with E-state index in [4.69, 9.17) is 4.74 Å². The molecule has 0 unspecified atom stereocenters. The van der Waals surface area contributed by atoms with Crippen LogP contribution in [0.25, 0.3) is 11.1 Å². The summed E-state index contributed by atoms with van der Waals surface area (Å²) >= 11 is 0. The molecule has 0 atom stereocenters. The second-order valence-corrected chi connectivity index (χ2v) is 8.58. The molecule has 6 rings (SSSR count). The molecule has 1 heterocycles. The van der Waals surface area contributed by atoms with Gasteiger partial charge in [0.2, 0.25) is 0 Å². The topological polar surface area (TPSA) is 54.1 Å². The maximum absolute atomic E-state index is 13.4. The quantitative estimate of drug-likeness (QED) is 0.841. The van der Waals surface area contributed by atoms with Crippen molar-refractivity contribution in [2.45, 2.75) is 38.1 Å². The molecular formula is C22H25FN2O2. The van der Waals surface area contributed by atoms with Crippen LogP contribution in [-0.2, 0) is 0 Å². The first-order chi connectivity index (χ1) is 13.1. The molecule has 0 saturated heterocycles. The van der Waals surface area contributed by atoms with Crippen LogP contribution < -0.4 is 10.1 Å². The fourth-order valence-electron chi connectivity index (χ4n) is 5.97. The predicted molar refractivity (Wildman–Crippen MR) is 101 cm³/mol. The number of nitrogens with one attached hydrogen (secondary N) is 2. The van der Waals surface area contributed by atoms with Crippen LogP contribution in [0.3, 0.4) is 0 Å². The van der Waals surface area contributed by atoms with E-state index in [9.17, 15) is 9.18 Å². The number of aromatic amines is 1. The zero-order chi connectivity index (χ0) is 18.5. The number of methoxy groups -OCH3 is 1. The summed E-state index contributed by atoms with van der Waals surface area (Å²) in [6.07, 6.45) is 8.30. The molecule has 5 heteroatoms. The van der Waals surface area contributed by atoms with E-state index >= 15 is 0 Å². The molecule has 4 bridgehead atoms. The van der Waals surface area contributed by atoms with Gasteiger partial charge in [0, 0.05) is 29.4 Å². The number of H-pyrrole nitrogens is 1. The molecule has 2 N–H and O–H groups in total. The number of amides is 1. The minimum atomic E-state index is -0.342. The highest BCUT2D eigenvalue weighted by Crippen LogP contribution is 2.53. The lowest BCUT2D eigenvalue weighted by molar-refractivity contribution is -0.0120. The van der Waals surface area contributed by atoms with E-state index in [1.807, 2.05) is 6.07 Å². The lowest BCUT2D eigenvalue weighted by atomic mass is 9.54. The van der Waals surface area contributed by atoms with Crippen molar-refractivity contribution in [1.29, 1.82) is 0 Å². The van der Waals surface area contributed by atoms with Crippen molar-refractivity contribution in [3.8, 4) is 16.9 Å². The Morgan fingerprint density at radius 1 is 1.11 bits per heavy atom. The Labute approximate surface area is 158 Å². The minimum absolute atomic E-state index is 0.0419. The summed E-state index contributed by atoms with van der Waals surface area (Å²) in [6, 6.07) is 6.57. The molecule has 0 spiro atoms. The molecule has 142 valence electrons. The summed E-state index contributed by atoms with van der Waals surface area (Å²) in [7, 11) is 1.52. The van der Waals surface area contributed by atoms with Gasteiger partial charge >= 0.3 is 0 Å². The molecule has 4 aliphatic rings. The molecule has 0 radical (unpaired) electrons. The molecule has 1 aromatic heterocycles. The summed E-state index contributed by atoms with van der Waals surface area (Å²) in [4.78, 5) is 15.9. The lowest BCUT2D eigenvalue weighted by Gasteiger charge is -2.54. The second-order valence-electron chi connectivity index (χ2n) is 8.58. The number of hydrogen-bond donors (Lipinski definition) is 2. The SMILES string of the molecule is COc1cc(F)ccc1-c1c[nH]c(C(=O)NC2C3CC4CC(C3)CC2C4)c1. The molecule has 4 aliphatic carbocycles. The van der Waals surface area contributed by atoms with Crippen LogP contribution in [0.4, 0.5) is 4.39 Å². The predicted octanol–water partition coefficient (Wildman–Crippen LogP) is 4.38. The maximum Gasteiger partial charge on any atom is 0.267 e. The largest absolute Gasteiger partial charge is 0.496 e. The number of rotatable bonds is 4. The molecule has 0 aliphatic heterocycles. The minimum Gasteiger partial charge on any atom is -0.496 e. The van der Waals surface area contributed by atoms with Gasteiger partial charge in [-0.3, -0.25) is 4.79 Å². The van der Waals surface area contributed by atoms with Crippen molar-refractivity contribution < 1.29 is 13.9 Å². The van der Waals surface area contributed by atoms with Gasteiger partial charge in [-0.05, 0) is 74.0 Å². The first-order valence-electron chi connectivity index (χ1n) is 9.94. The summed E-state index contributed by atoms with van der Waals surface area (Å²) in [5.41, 5.74) is 2.14. The van der Waals surface area contributed by atoms with E-state index in [-0.39, 0.29) is 11.7 Å². The van der Waals surface area contributed by atoms with Gasteiger partial charge in [-0.1, -0.05) is 0 Å². The number of ether oxygens (including phenoxy) is 1. The van der Waals surface area contributed by atoms with Gasteiger partial charge in [0.1, 0.15) is 17.3 Å². The Morgan fingerprint density at radius 2 is 1.81 bits per heavy atom. The highest BCUT2D eigenvalue weighted by Gasteiger charge is 2.48. The molecule has 27 heavy (non-hydrogen) atoms. The fourth-order valence-corrected chi connectivity index (χ4v) is 5.97. The van der Waals surface area contributed by atoms with Crippen LogP contribution >= 0.6 is 0 Å². The third kappa shape index (κ3) is 2.93. The average Bonchev–Trinajstić information content (AvgIpc) is 3.14. The van der Waals surface area contributed by atoms with Crippen molar-refractivity contribution in [2.24, 2.45) is 23.7 Å². The normalized spacial score (nSPS) is 31.1. The highest BCUT2D eigenvalue weighted by molar-refractivity contribution is 5.94. The van der Waals surface area contributed by atoms with Crippen molar-refractivity contribution in [2.75, 3.05) is 7.11 Å². The summed E-state index contributed by atoms with van der Waals surface area (Å²) in [6.45, 7) is 0. The standard InChI is InChI=1S/C22H25FN2O2/c1-27-20-10-17(23)2-3-18(20)16-9-19(24-11-16)22(26)25-21-14-5-12-4-13(7-14)8-15(21)6-12/h2-3,9-15,21,24H,4-8H2,1H3,(H,25,26). The summed E-state index contributed by atoms with van der Waals surface area (Å²) < 4.78 is 18.7. The first-order valence-corrected chi connectivity index (χ1v) is 9.94. The van der Waals surface area contributed by atoms with Gasteiger partial charge in [-0.2, -0.15) is 0 Å². The monoisotopic (exact) mass is 368 g/mol. The number of halogens is 1. The Bertz CT molecular complexity index is 847. The molecule has 1 aromatic carbocycles. The number of carbonyl (C=O) groups excluding carboxylic acids is 1. The van der Waals surface area contributed by atoms with E-state index in [0.717, 1.165) is 23.0 Å². The van der Waals surface area contributed by atoms with E-state index in [2.05, 4.69) is 10.3 Å². The van der Waals surface area contributed by atoms with Crippen LogP contribution in [0.2, 0.25) is 0 Å².